The lowest BCUT2D eigenvalue weighted by Crippen LogP contribution is -2.38. The predicted molar refractivity (Wildman–Crippen MR) is 85.4 cm³/mol. The Morgan fingerprint density at radius 3 is 2.83 bits per heavy atom. The molecule has 0 saturated carbocycles. The number of aromatic amines is 1. The largest absolute Gasteiger partial charge is 0.337 e. The number of H-pyrrole nitrogens is 1. The molecule has 4 rings (SSSR count). The fraction of sp³-hybridized carbons (Fsp3) is 0.375. The lowest BCUT2D eigenvalue weighted by atomic mass is 9.99. The van der Waals surface area contributed by atoms with Crippen LogP contribution in [0.25, 0.3) is 16.6 Å². The molecule has 7 nitrogen and oxygen atoms in total. The van der Waals surface area contributed by atoms with Crippen molar-refractivity contribution in [3.63, 3.8) is 0 Å². The Labute approximate surface area is 136 Å². The van der Waals surface area contributed by atoms with Crippen molar-refractivity contribution < 1.29 is 9.18 Å². The van der Waals surface area contributed by atoms with Gasteiger partial charge in [-0.1, -0.05) is 12.1 Å². The maximum absolute atomic E-state index is 13.3. The van der Waals surface area contributed by atoms with Crippen LogP contribution in [-0.2, 0) is 0 Å². The Morgan fingerprint density at radius 1 is 1.33 bits per heavy atom. The second-order valence-electron chi connectivity index (χ2n) is 6.29. The van der Waals surface area contributed by atoms with E-state index in [1.807, 2.05) is 0 Å². The summed E-state index contributed by atoms with van der Waals surface area (Å²) in [7, 11) is 0. The van der Waals surface area contributed by atoms with E-state index in [4.69, 9.17) is 0 Å². The fourth-order valence-electron chi connectivity index (χ4n) is 3.13. The molecule has 24 heavy (non-hydrogen) atoms. The fourth-order valence-corrected chi connectivity index (χ4v) is 3.13. The number of hydrogen-bond acceptors (Lipinski definition) is 4. The Morgan fingerprint density at radius 2 is 2.08 bits per heavy atom. The number of hydrogen-bond donors (Lipinski definition) is 1. The minimum absolute atomic E-state index is 0.0389. The smallest absolute Gasteiger partial charge is 0.277 e. The molecule has 2 aromatic heterocycles. The minimum Gasteiger partial charge on any atom is -0.337 e. The molecule has 3 heterocycles. The van der Waals surface area contributed by atoms with Gasteiger partial charge < -0.3 is 9.88 Å². The Hall–Kier alpha value is -2.77. The van der Waals surface area contributed by atoms with E-state index in [2.05, 4.69) is 22.2 Å². The van der Waals surface area contributed by atoms with Gasteiger partial charge in [-0.15, -0.1) is 5.10 Å². The zero-order chi connectivity index (χ0) is 16.8. The van der Waals surface area contributed by atoms with E-state index in [-0.39, 0.29) is 17.1 Å². The molecular formula is C16H16FN5O2. The van der Waals surface area contributed by atoms with Crippen molar-refractivity contribution >= 4 is 22.5 Å². The Balaban J connectivity index is 1.84. The van der Waals surface area contributed by atoms with E-state index >= 15 is 0 Å². The highest BCUT2D eigenvalue weighted by Crippen LogP contribution is 2.19. The molecule has 1 fully saturated rings. The molecule has 1 aromatic carbocycles. The lowest BCUT2D eigenvalue weighted by molar-refractivity contribution is 0.0693. The predicted octanol–water partition coefficient (Wildman–Crippen LogP) is 1.58. The molecular weight excluding hydrogens is 313 g/mol. The number of likely N-dealkylation sites (tertiary alicyclic amines) is 1. The summed E-state index contributed by atoms with van der Waals surface area (Å²) in [6, 6.07) is 3.99. The highest BCUT2D eigenvalue weighted by molar-refractivity contribution is 5.99. The second-order valence-corrected chi connectivity index (χ2v) is 6.29. The number of benzene rings is 1. The third-order valence-corrected chi connectivity index (χ3v) is 4.59. The molecule has 3 aromatic rings. The molecule has 124 valence electrons. The van der Waals surface area contributed by atoms with Gasteiger partial charge in [0, 0.05) is 13.1 Å². The average molecular weight is 329 g/mol. The van der Waals surface area contributed by atoms with Gasteiger partial charge in [0.15, 0.2) is 11.2 Å². The second kappa shape index (κ2) is 5.40. The quantitative estimate of drug-likeness (QED) is 0.735. The van der Waals surface area contributed by atoms with Crippen molar-refractivity contribution in [2.45, 2.75) is 19.8 Å². The summed E-state index contributed by atoms with van der Waals surface area (Å²) in [6.07, 6.45) is 1.87. The van der Waals surface area contributed by atoms with Gasteiger partial charge in [0.1, 0.15) is 5.82 Å². The van der Waals surface area contributed by atoms with Crippen molar-refractivity contribution in [3.05, 3.63) is 40.1 Å². The number of amides is 1. The van der Waals surface area contributed by atoms with E-state index in [0.717, 1.165) is 12.8 Å². The Bertz CT molecular complexity index is 1000. The van der Waals surface area contributed by atoms with Gasteiger partial charge in [0.25, 0.3) is 11.5 Å². The average Bonchev–Trinajstić information content (AvgIpc) is 3.00. The zero-order valence-electron chi connectivity index (χ0n) is 13.1. The van der Waals surface area contributed by atoms with E-state index in [9.17, 15) is 14.0 Å². The first-order chi connectivity index (χ1) is 11.5. The number of rotatable bonds is 1. The summed E-state index contributed by atoms with van der Waals surface area (Å²) in [4.78, 5) is 29.4. The van der Waals surface area contributed by atoms with Crippen LogP contribution in [0.3, 0.4) is 0 Å². The van der Waals surface area contributed by atoms with Crippen LogP contribution in [0.15, 0.2) is 23.0 Å². The molecule has 8 heteroatoms. The number of nitrogens with zero attached hydrogens (tertiary/aromatic N) is 4. The summed E-state index contributed by atoms with van der Waals surface area (Å²) in [6.45, 7) is 3.46. The maximum Gasteiger partial charge on any atom is 0.277 e. The van der Waals surface area contributed by atoms with Crippen molar-refractivity contribution in [1.29, 1.82) is 0 Å². The topological polar surface area (TPSA) is 83.4 Å². The number of piperidine rings is 1. The molecule has 1 N–H and O–H groups in total. The van der Waals surface area contributed by atoms with Crippen molar-refractivity contribution in [2.75, 3.05) is 13.1 Å². The molecule has 0 bridgehead atoms. The van der Waals surface area contributed by atoms with E-state index in [1.54, 1.807) is 4.90 Å². The van der Waals surface area contributed by atoms with Crippen LogP contribution in [0, 0.1) is 11.7 Å². The number of nitrogens with one attached hydrogen (secondary N) is 1. The molecule has 1 amide bonds. The van der Waals surface area contributed by atoms with Crippen molar-refractivity contribution in [3.8, 4) is 0 Å². The molecule has 1 aliphatic heterocycles. The standard InChI is InChI=1S/C16H16FN5O2/c1-9-4-6-21(7-5-9)16(24)13-14-15(23)18-11-8-10(17)2-3-12(11)22(14)20-19-13/h2-3,8-9H,4-7H2,1H3,(H,18,23). The van der Waals surface area contributed by atoms with Gasteiger partial charge >= 0.3 is 0 Å². The van der Waals surface area contributed by atoms with Crippen LogP contribution in [-0.4, -0.2) is 43.7 Å². The van der Waals surface area contributed by atoms with E-state index in [0.29, 0.717) is 30.0 Å². The maximum atomic E-state index is 13.3. The number of aromatic nitrogens is 4. The number of carbonyl (C=O) groups is 1. The number of halogens is 1. The summed E-state index contributed by atoms with van der Waals surface area (Å²) in [5, 5.41) is 7.88. The van der Waals surface area contributed by atoms with Crippen molar-refractivity contribution in [2.24, 2.45) is 5.92 Å². The normalized spacial score (nSPS) is 16.2. The van der Waals surface area contributed by atoms with Crippen LogP contribution < -0.4 is 5.56 Å². The number of carbonyl (C=O) groups excluding carboxylic acids is 1. The summed E-state index contributed by atoms with van der Waals surface area (Å²) < 4.78 is 14.6. The SMILES string of the molecule is CC1CCN(C(=O)c2nnn3c2c(=O)[nH]c2cc(F)ccc23)CC1. The molecule has 1 aliphatic rings. The summed E-state index contributed by atoms with van der Waals surface area (Å²) in [5.74, 6) is -0.159. The molecule has 0 aliphatic carbocycles. The third-order valence-electron chi connectivity index (χ3n) is 4.59. The monoisotopic (exact) mass is 329 g/mol. The third kappa shape index (κ3) is 2.26. The van der Waals surface area contributed by atoms with Gasteiger partial charge in [-0.3, -0.25) is 9.59 Å². The van der Waals surface area contributed by atoms with E-state index in [1.165, 1.54) is 22.7 Å². The molecule has 0 radical (unpaired) electrons. The highest BCUT2D eigenvalue weighted by Gasteiger charge is 2.27. The van der Waals surface area contributed by atoms with Crippen LogP contribution in [0.4, 0.5) is 4.39 Å². The van der Waals surface area contributed by atoms with Crippen LogP contribution in [0.2, 0.25) is 0 Å². The van der Waals surface area contributed by atoms with Gasteiger partial charge in [0.05, 0.1) is 11.0 Å². The van der Waals surface area contributed by atoms with Gasteiger partial charge in [-0.2, -0.15) is 0 Å². The first-order valence-corrected chi connectivity index (χ1v) is 7.91. The van der Waals surface area contributed by atoms with Crippen LogP contribution in [0.5, 0.6) is 0 Å². The first-order valence-electron chi connectivity index (χ1n) is 7.91. The van der Waals surface area contributed by atoms with Gasteiger partial charge in [0.2, 0.25) is 0 Å². The molecule has 0 spiro atoms. The van der Waals surface area contributed by atoms with Crippen LogP contribution >= 0.6 is 0 Å². The minimum atomic E-state index is -0.508. The molecule has 0 atom stereocenters. The molecule has 0 unspecified atom stereocenters. The summed E-state index contributed by atoms with van der Waals surface area (Å²) in [5.41, 5.74) is 0.426. The lowest BCUT2D eigenvalue weighted by Gasteiger charge is -2.29. The van der Waals surface area contributed by atoms with E-state index < -0.39 is 11.4 Å². The van der Waals surface area contributed by atoms with Gasteiger partial charge in [-0.25, -0.2) is 8.91 Å². The number of fused-ring (bicyclic) bond motifs is 3. The highest BCUT2D eigenvalue weighted by atomic mass is 19.1. The Kier molecular flexibility index (Phi) is 3.33. The summed E-state index contributed by atoms with van der Waals surface area (Å²) >= 11 is 0. The van der Waals surface area contributed by atoms with Gasteiger partial charge in [-0.05, 0) is 37.0 Å². The van der Waals surface area contributed by atoms with Crippen LogP contribution in [0.1, 0.15) is 30.3 Å². The first kappa shape index (κ1) is 14.8. The molecule has 1 saturated heterocycles. The van der Waals surface area contributed by atoms with Crippen molar-refractivity contribution in [1.82, 2.24) is 24.7 Å². The zero-order valence-corrected chi connectivity index (χ0v) is 13.1.